The van der Waals surface area contributed by atoms with Crippen LogP contribution < -0.4 is 10.6 Å². The van der Waals surface area contributed by atoms with E-state index in [2.05, 4.69) is 10.6 Å². The van der Waals surface area contributed by atoms with E-state index in [1.165, 1.54) is 11.0 Å². The van der Waals surface area contributed by atoms with Gasteiger partial charge in [0, 0.05) is 26.6 Å². The molecule has 2 N–H and O–H groups in total. The second-order valence-electron chi connectivity index (χ2n) is 6.46. The fraction of sp³-hybridized carbons (Fsp3) is 0.389. The first-order valence-corrected chi connectivity index (χ1v) is 8.67. The second kappa shape index (κ2) is 7.18. The zero-order chi connectivity index (χ0) is 19.7. The molecule has 0 saturated carbocycles. The lowest BCUT2D eigenvalue weighted by molar-refractivity contribution is -0.136. The predicted molar refractivity (Wildman–Crippen MR) is 93.7 cm³/mol. The van der Waals surface area contributed by atoms with Crippen molar-refractivity contribution in [3.05, 3.63) is 34.9 Å². The lowest BCUT2D eigenvalue weighted by Gasteiger charge is -2.27. The molecular weight excluding hydrogens is 352 g/mol. The van der Waals surface area contributed by atoms with Gasteiger partial charge in [0.2, 0.25) is 11.8 Å². The van der Waals surface area contributed by atoms with E-state index in [0.29, 0.717) is 12.1 Å². The molecule has 0 spiro atoms. The van der Waals surface area contributed by atoms with Gasteiger partial charge in [0.1, 0.15) is 6.04 Å². The molecule has 1 fully saturated rings. The minimum Gasteiger partial charge on any atom is -0.334 e. The van der Waals surface area contributed by atoms with Crippen LogP contribution in [0, 0.1) is 0 Å². The van der Waals surface area contributed by atoms with Crippen molar-refractivity contribution in [3.63, 3.8) is 0 Å². The molecule has 3 rings (SSSR count). The number of hydrogen-bond acceptors (Lipinski definition) is 5. The van der Waals surface area contributed by atoms with Crippen LogP contribution in [-0.4, -0.2) is 59.1 Å². The average Bonchev–Trinajstić information content (AvgIpc) is 2.90. The maximum absolute atomic E-state index is 12.9. The van der Waals surface area contributed by atoms with Crippen LogP contribution >= 0.6 is 0 Å². The quantitative estimate of drug-likeness (QED) is 0.735. The van der Waals surface area contributed by atoms with Gasteiger partial charge in [-0.1, -0.05) is 12.1 Å². The van der Waals surface area contributed by atoms with Gasteiger partial charge in [-0.05, 0) is 25.0 Å². The lowest BCUT2D eigenvalue weighted by Crippen LogP contribution is -2.54. The van der Waals surface area contributed by atoms with E-state index in [-0.39, 0.29) is 36.5 Å². The third-order valence-corrected chi connectivity index (χ3v) is 4.81. The first-order valence-electron chi connectivity index (χ1n) is 8.67. The van der Waals surface area contributed by atoms with Crippen LogP contribution in [0.5, 0.6) is 0 Å². The summed E-state index contributed by atoms with van der Waals surface area (Å²) in [7, 11) is 1.64. The average molecular weight is 372 g/mol. The highest BCUT2D eigenvalue weighted by Crippen LogP contribution is 2.29. The van der Waals surface area contributed by atoms with Crippen molar-refractivity contribution in [3.8, 4) is 0 Å². The van der Waals surface area contributed by atoms with E-state index in [0.717, 1.165) is 4.90 Å². The molecule has 2 aliphatic rings. The zero-order valence-corrected chi connectivity index (χ0v) is 15.1. The fourth-order valence-electron chi connectivity index (χ4n) is 3.18. The Morgan fingerprint density at radius 1 is 1.26 bits per heavy atom. The van der Waals surface area contributed by atoms with Crippen LogP contribution in [0.2, 0.25) is 0 Å². The Kier molecular flexibility index (Phi) is 4.93. The highest BCUT2D eigenvalue weighted by molar-refractivity contribution is 6.24. The number of nitrogens with zero attached hydrogens (tertiary/aromatic N) is 2. The third-order valence-electron chi connectivity index (χ3n) is 4.81. The predicted octanol–water partition coefficient (Wildman–Crippen LogP) is 0.249. The summed E-state index contributed by atoms with van der Waals surface area (Å²) in [5.74, 6) is -2.22. The van der Waals surface area contributed by atoms with Gasteiger partial charge in [-0.2, -0.15) is 0 Å². The molecule has 27 heavy (non-hydrogen) atoms. The summed E-state index contributed by atoms with van der Waals surface area (Å²) in [6.45, 7) is 2.44. The molecule has 2 aliphatic heterocycles. The monoisotopic (exact) mass is 372 g/mol. The van der Waals surface area contributed by atoms with Gasteiger partial charge in [-0.25, -0.2) is 4.79 Å². The highest BCUT2D eigenvalue weighted by atomic mass is 16.2. The molecule has 6 amide bonds. The van der Waals surface area contributed by atoms with Crippen molar-refractivity contribution in [2.24, 2.45) is 0 Å². The van der Waals surface area contributed by atoms with Crippen LogP contribution in [-0.2, 0) is 16.1 Å². The van der Waals surface area contributed by atoms with E-state index >= 15 is 0 Å². The molecule has 1 atom stereocenters. The Morgan fingerprint density at radius 3 is 2.67 bits per heavy atom. The lowest BCUT2D eigenvalue weighted by atomic mass is 10.0. The summed E-state index contributed by atoms with van der Waals surface area (Å²) in [5, 5.41) is 4.87. The second-order valence-corrected chi connectivity index (χ2v) is 6.46. The molecule has 0 aliphatic carbocycles. The number of benzene rings is 1. The Bertz CT molecular complexity index is 850. The molecule has 0 radical (unpaired) electrons. The van der Waals surface area contributed by atoms with Gasteiger partial charge in [0.25, 0.3) is 11.8 Å². The maximum Gasteiger partial charge on any atom is 0.317 e. The van der Waals surface area contributed by atoms with E-state index in [1.54, 1.807) is 19.2 Å². The van der Waals surface area contributed by atoms with E-state index in [4.69, 9.17) is 0 Å². The summed E-state index contributed by atoms with van der Waals surface area (Å²) in [6.07, 6.45) is 0.166. The standard InChI is InChI=1S/C18H20N4O5/c1-3-21(2)18(27)19-9-10-5-4-6-11-14(10)17(26)22(16(11)25)12-7-8-13(23)20-15(12)24/h4-6,12H,3,7-9H2,1-2H3,(H,19,27)(H,20,23,24). The molecule has 1 unspecified atom stereocenters. The van der Waals surface area contributed by atoms with Crippen molar-refractivity contribution >= 4 is 29.7 Å². The van der Waals surface area contributed by atoms with Crippen LogP contribution in [0.3, 0.4) is 0 Å². The van der Waals surface area contributed by atoms with Crippen molar-refractivity contribution in [1.82, 2.24) is 20.4 Å². The van der Waals surface area contributed by atoms with Crippen molar-refractivity contribution in [2.45, 2.75) is 32.4 Å². The van der Waals surface area contributed by atoms with Crippen molar-refractivity contribution < 1.29 is 24.0 Å². The van der Waals surface area contributed by atoms with Crippen LogP contribution in [0.15, 0.2) is 18.2 Å². The van der Waals surface area contributed by atoms with Crippen LogP contribution in [0.25, 0.3) is 0 Å². The minimum atomic E-state index is -1.01. The smallest absolute Gasteiger partial charge is 0.317 e. The molecule has 2 heterocycles. The molecule has 1 aromatic rings. The molecular formula is C18H20N4O5. The normalized spacial score (nSPS) is 19.0. The Balaban J connectivity index is 1.85. The maximum atomic E-state index is 12.9. The van der Waals surface area contributed by atoms with Gasteiger partial charge >= 0.3 is 6.03 Å². The first kappa shape index (κ1) is 18.6. The molecule has 142 valence electrons. The SMILES string of the molecule is CCN(C)C(=O)NCc1cccc2c1C(=O)N(C1CCC(=O)NC1=O)C2=O. The summed E-state index contributed by atoms with van der Waals surface area (Å²) in [5.41, 5.74) is 0.880. The number of urea groups is 1. The van der Waals surface area contributed by atoms with Crippen LogP contribution in [0.1, 0.15) is 46.0 Å². The van der Waals surface area contributed by atoms with Crippen molar-refractivity contribution in [1.29, 1.82) is 0 Å². The topological polar surface area (TPSA) is 116 Å². The van der Waals surface area contributed by atoms with E-state index in [1.807, 2.05) is 6.92 Å². The zero-order valence-electron chi connectivity index (χ0n) is 15.1. The molecule has 0 aromatic heterocycles. The number of nitrogens with one attached hydrogen (secondary N) is 2. The first-order chi connectivity index (χ1) is 12.8. The number of fused-ring (bicyclic) bond motifs is 1. The van der Waals surface area contributed by atoms with Gasteiger partial charge in [-0.15, -0.1) is 0 Å². The summed E-state index contributed by atoms with van der Waals surface area (Å²) in [4.78, 5) is 63.4. The number of carbonyl (C=O) groups excluding carboxylic acids is 5. The Labute approximate surface area is 155 Å². The fourth-order valence-corrected chi connectivity index (χ4v) is 3.18. The van der Waals surface area contributed by atoms with Crippen molar-refractivity contribution in [2.75, 3.05) is 13.6 Å². The number of imide groups is 2. The summed E-state index contributed by atoms with van der Waals surface area (Å²) >= 11 is 0. The van der Waals surface area contributed by atoms with Gasteiger partial charge in [-0.3, -0.25) is 29.4 Å². The number of rotatable bonds is 4. The number of hydrogen-bond donors (Lipinski definition) is 2. The minimum absolute atomic E-state index is 0.0656. The number of piperidine rings is 1. The summed E-state index contributed by atoms with van der Waals surface area (Å²) < 4.78 is 0. The summed E-state index contributed by atoms with van der Waals surface area (Å²) in [6, 6.07) is 3.50. The van der Waals surface area contributed by atoms with Crippen LogP contribution in [0.4, 0.5) is 4.79 Å². The third kappa shape index (κ3) is 3.27. The van der Waals surface area contributed by atoms with E-state index < -0.39 is 29.7 Å². The van der Waals surface area contributed by atoms with Gasteiger partial charge in [0.05, 0.1) is 11.1 Å². The Morgan fingerprint density at radius 2 is 2.00 bits per heavy atom. The number of amides is 6. The van der Waals surface area contributed by atoms with E-state index in [9.17, 15) is 24.0 Å². The van der Waals surface area contributed by atoms with Gasteiger partial charge < -0.3 is 10.2 Å². The largest absolute Gasteiger partial charge is 0.334 e. The molecule has 1 aromatic carbocycles. The highest BCUT2D eigenvalue weighted by Gasteiger charge is 2.45. The molecule has 1 saturated heterocycles. The number of carbonyl (C=O) groups is 5. The molecule has 9 nitrogen and oxygen atoms in total. The Hall–Kier alpha value is -3.23. The molecule has 9 heteroatoms. The molecule has 0 bridgehead atoms. The van der Waals surface area contributed by atoms with Gasteiger partial charge in [0.15, 0.2) is 0 Å².